The summed E-state index contributed by atoms with van der Waals surface area (Å²) in [7, 11) is 0. The molecule has 0 aliphatic heterocycles. The van der Waals surface area contributed by atoms with Crippen molar-refractivity contribution in [2.75, 3.05) is 0 Å². The van der Waals surface area contributed by atoms with Crippen LogP contribution in [0.2, 0.25) is 5.02 Å². The third-order valence-electron chi connectivity index (χ3n) is 3.17. The Hall–Kier alpha value is -1.59. The van der Waals surface area contributed by atoms with Crippen LogP contribution < -0.4 is 0 Å². The van der Waals surface area contributed by atoms with Gasteiger partial charge >= 0.3 is 6.18 Å². The number of alkyl halides is 3. The van der Waals surface area contributed by atoms with Gasteiger partial charge in [0.25, 0.3) is 0 Å². The van der Waals surface area contributed by atoms with Crippen molar-refractivity contribution in [1.29, 1.82) is 0 Å². The fraction of sp³-hybridized carbons (Fsp3) is 0.267. The van der Waals surface area contributed by atoms with E-state index in [9.17, 15) is 18.3 Å². The summed E-state index contributed by atoms with van der Waals surface area (Å²) >= 11 is 5.76. The van der Waals surface area contributed by atoms with Crippen molar-refractivity contribution in [3.05, 3.63) is 64.4 Å². The number of benzene rings is 1. The predicted molar refractivity (Wildman–Crippen MR) is 74.0 cm³/mol. The van der Waals surface area contributed by atoms with E-state index in [1.165, 1.54) is 6.92 Å². The Morgan fingerprint density at radius 2 is 1.71 bits per heavy atom. The summed E-state index contributed by atoms with van der Waals surface area (Å²) < 4.78 is 39.0. The van der Waals surface area contributed by atoms with E-state index in [1.54, 1.807) is 24.3 Å². The average molecular weight is 316 g/mol. The molecule has 0 radical (unpaired) electrons. The minimum atomic E-state index is -4.54. The second-order valence-corrected chi connectivity index (χ2v) is 5.43. The highest BCUT2D eigenvalue weighted by molar-refractivity contribution is 6.30. The van der Waals surface area contributed by atoms with Gasteiger partial charge in [-0.05, 0) is 30.7 Å². The van der Waals surface area contributed by atoms with Crippen LogP contribution in [0.3, 0.4) is 0 Å². The Morgan fingerprint density at radius 1 is 1.10 bits per heavy atom. The third kappa shape index (κ3) is 3.74. The van der Waals surface area contributed by atoms with Crippen LogP contribution in [0.4, 0.5) is 13.2 Å². The van der Waals surface area contributed by atoms with E-state index in [0.29, 0.717) is 10.6 Å². The maximum atomic E-state index is 13.0. The Balaban J connectivity index is 2.38. The summed E-state index contributed by atoms with van der Waals surface area (Å²) in [6, 6.07) is 7.45. The number of aromatic nitrogens is 1. The molecular weight excluding hydrogens is 303 g/mol. The van der Waals surface area contributed by atoms with Crippen LogP contribution in [0.25, 0.3) is 0 Å². The summed E-state index contributed by atoms with van der Waals surface area (Å²) in [5.74, 6) is 0. The quantitative estimate of drug-likeness (QED) is 0.920. The van der Waals surface area contributed by atoms with E-state index in [2.05, 4.69) is 4.98 Å². The number of nitrogens with zero attached hydrogens (tertiary/aromatic N) is 1. The van der Waals surface area contributed by atoms with Gasteiger partial charge in [0.15, 0.2) is 0 Å². The van der Waals surface area contributed by atoms with Gasteiger partial charge in [0.2, 0.25) is 0 Å². The van der Waals surface area contributed by atoms with Crippen molar-refractivity contribution in [2.24, 2.45) is 0 Å². The zero-order chi connectivity index (χ0) is 15.7. The van der Waals surface area contributed by atoms with Gasteiger partial charge in [0.05, 0.1) is 11.2 Å². The Bertz CT molecular complexity index is 624. The molecule has 1 aromatic carbocycles. The van der Waals surface area contributed by atoms with Crippen molar-refractivity contribution in [2.45, 2.75) is 25.1 Å². The van der Waals surface area contributed by atoms with Crippen molar-refractivity contribution >= 4 is 11.6 Å². The van der Waals surface area contributed by atoms with E-state index < -0.39 is 17.3 Å². The molecule has 0 aliphatic carbocycles. The van der Waals surface area contributed by atoms with E-state index in [1.807, 2.05) is 0 Å². The van der Waals surface area contributed by atoms with Gasteiger partial charge in [-0.25, -0.2) is 0 Å². The predicted octanol–water partition coefficient (Wildman–Crippen LogP) is 4.20. The van der Waals surface area contributed by atoms with Gasteiger partial charge in [-0.3, -0.25) is 4.98 Å². The number of halogens is 4. The van der Waals surface area contributed by atoms with Crippen LogP contribution in [-0.2, 0) is 18.2 Å². The molecule has 1 heterocycles. The molecule has 0 spiro atoms. The first-order valence-corrected chi connectivity index (χ1v) is 6.56. The number of rotatable bonds is 3. The summed E-state index contributed by atoms with van der Waals surface area (Å²) in [6.07, 6.45) is -2.40. The minimum absolute atomic E-state index is 0.0267. The average Bonchev–Trinajstić information content (AvgIpc) is 2.40. The molecule has 6 heteroatoms. The number of aliphatic hydroxyl groups is 1. The molecule has 0 bridgehead atoms. The zero-order valence-electron chi connectivity index (χ0n) is 11.2. The van der Waals surface area contributed by atoms with Gasteiger partial charge in [0, 0.05) is 29.4 Å². The van der Waals surface area contributed by atoms with Gasteiger partial charge in [-0.15, -0.1) is 0 Å². The lowest BCUT2D eigenvalue weighted by atomic mass is 9.87. The molecule has 112 valence electrons. The Morgan fingerprint density at radius 3 is 2.29 bits per heavy atom. The molecule has 1 aromatic heterocycles. The second-order valence-electron chi connectivity index (χ2n) is 5.00. The summed E-state index contributed by atoms with van der Waals surface area (Å²) in [6.45, 7) is 1.34. The first-order valence-electron chi connectivity index (χ1n) is 6.19. The largest absolute Gasteiger partial charge is 0.416 e. The molecule has 1 N–H and O–H groups in total. The maximum Gasteiger partial charge on any atom is 0.416 e. The van der Waals surface area contributed by atoms with Crippen LogP contribution in [0.5, 0.6) is 0 Å². The minimum Gasteiger partial charge on any atom is -0.385 e. The van der Waals surface area contributed by atoms with E-state index in [4.69, 9.17) is 11.6 Å². The smallest absolute Gasteiger partial charge is 0.385 e. The van der Waals surface area contributed by atoms with Gasteiger partial charge in [-0.2, -0.15) is 13.2 Å². The lowest BCUT2D eigenvalue weighted by Gasteiger charge is -2.27. The van der Waals surface area contributed by atoms with E-state index in [-0.39, 0.29) is 12.0 Å². The summed E-state index contributed by atoms with van der Waals surface area (Å²) in [5.41, 5.74) is -2.13. The normalized spacial score (nSPS) is 14.8. The standard InChI is InChI=1S/C15H13ClF3NO/c1-14(21,8-10-2-4-11(16)5-3-10)13-9-20-7-6-12(13)15(17,18)19/h2-7,9,21H,8H2,1H3. The molecule has 2 nitrogen and oxygen atoms in total. The molecule has 1 unspecified atom stereocenters. The van der Waals surface area contributed by atoms with Crippen LogP contribution in [0.1, 0.15) is 23.6 Å². The molecule has 0 saturated carbocycles. The molecule has 0 fully saturated rings. The lowest BCUT2D eigenvalue weighted by molar-refractivity contribution is -0.140. The Kier molecular flexibility index (Phi) is 4.25. The van der Waals surface area contributed by atoms with Gasteiger partial charge < -0.3 is 5.11 Å². The van der Waals surface area contributed by atoms with Crippen molar-refractivity contribution in [1.82, 2.24) is 4.98 Å². The van der Waals surface area contributed by atoms with Crippen LogP contribution in [-0.4, -0.2) is 10.1 Å². The molecule has 1 atom stereocenters. The van der Waals surface area contributed by atoms with E-state index in [0.717, 1.165) is 18.5 Å². The monoisotopic (exact) mass is 315 g/mol. The zero-order valence-corrected chi connectivity index (χ0v) is 11.9. The second kappa shape index (κ2) is 5.66. The summed E-state index contributed by atoms with van der Waals surface area (Å²) in [5, 5.41) is 11.0. The molecule has 0 saturated heterocycles. The fourth-order valence-electron chi connectivity index (χ4n) is 2.17. The molecule has 2 rings (SSSR count). The SMILES string of the molecule is CC(O)(Cc1ccc(Cl)cc1)c1cnccc1C(F)(F)F. The first kappa shape index (κ1) is 15.8. The molecule has 0 amide bonds. The molecule has 0 aliphatic rings. The highest BCUT2D eigenvalue weighted by Crippen LogP contribution is 2.37. The van der Waals surface area contributed by atoms with Crippen molar-refractivity contribution < 1.29 is 18.3 Å². The highest BCUT2D eigenvalue weighted by Gasteiger charge is 2.38. The molecule has 21 heavy (non-hydrogen) atoms. The lowest BCUT2D eigenvalue weighted by Crippen LogP contribution is -2.28. The number of hydrogen-bond donors (Lipinski definition) is 1. The van der Waals surface area contributed by atoms with Crippen LogP contribution in [0.15, 0.2) is 42.7 Å². The van der Waals surface area contributed by atoms with Crippen molar-refractivity contribution in [3.8, 4) is 0 Å². The summed E-state index contributed by atoms with van der Waals surface area (Å²) in [4.78, 5) is 3.70. The fourth-order valence-corrected chi connectivity index (χ4v) is 2.29. The van der Waals surface area contributed by atoms with Gasteiger partial charge in [0.1, 0.15) is 0 Å². The topological polar surface area (TPSA) is 33.1 Å². The van der Waals surface area contributed by atoms with Gasteiger partial charge in [-0.1, -0.05) is 23.7 Å². The molecule has 2 aromatic rings. The van der Waals surface area contributed by atoms with E-state index >= 15 is 0 Å². The molecular formula is C15H13ClF3NO. The number of hydrogen-bond acceptors (Lipinski definition) is 2. The maximum absolute atomic E-state index is 13.0. The Labute approximate surface area is 125 Å². The number of pyridine rings is 1. The highest BCUT2D eigenvalue weighted by atomic mass is 35.5. The third-order valence-corrected chi connectivity index (χ3v) is 3.42. The van der Waals surface area contributed by atoms with Crippen LogP contribution in [0, 0.1) is 0 Å². The van der Waals surface area contributed by atoms with Crippen LogP contribution >= 0.6 is 11.6 Å². The van der Waals surface area contributed by atoms with Crippen molar-refractivity contribution in [3.63, 3.8) is 0 Å². The first-order chi connectivity index (χ1) is 9.70.